The van der Waals surface area contributed by atoms with Gasteiger partial charge in [-0.1, -0.05) is 18.6 Å². The first-order valence-electron chi connectivity index (χ1n) is 8.16. The van der Waals surface area contributed by atoms with Gasteiger partial charge in [0.2, 0.25) is 0 Å². The minimum Gasteiger partial charge on any atom is -0.483 e. The van der Waals surface area contributed by atoms with E-state index in [1.165, 1.54) is 0 Å². The maximum absolute atomic E-state index is 11.7. The number of carbonyl (C=O) groups excluding carboxylic acids is 2. The Morgan fingerprint density at radius 1 is 1.13 bits per heavy atom. The average Bonchev–Trinajstić information content (AvgIpc) is 2.52. The minimum atomic E-state index is -0.154. The summed E-state index contributed by atoms with van der Waals surface area (Å²) in [6.45, 7) is 6.83. The molecule has 128 valence electrons. The molecule has 0 bridgehead atoms. The lowest BCUT2D eigenvalue weighted by Gasteiger charge is -2.11. The van der Waals surface area contributed by atoms with Crippen molar-refractivity contribution in [3.05, 3.63) is 29.3 Å². The number of benzene rings is 1. The third-order valence-corrected chi connectivity index (χ3v) is 3.60. The van der Waals surface area contributed by atoms with Gasteiger partial charge < -0.3 is 14.8 Å². The highest BCUT2D eigenvalue weighted by molar-refractivity contribution is 5.77. The van der Waals surface area contributed by atoms with Crippen LogP contribution < -0.4 is 10.1 Å². The van der Waals surface area contributed by atoms with Gasteiger partial charge in [-0.15, -0.1) is 0 Å². The van der Waals surface area contributed by atoms with Gasteiger partial charge in [-0.25, -0.2) is 0 Å². The Balaban J connectivity index is 2.11. The second-order valence-corrected chi connectivity index (χ2v) is 5.45. The minimum absolute atomic E-state index is 0.0210. The standard InChI is InChI=1S/C18H27NO4/c1-4-22-18(21)11-6-5-7-12-19-17(20)13-23-16-10-8-9-14(2)15(16)3/h8-10H,4-7,11-13H2,1-3H3,(H,19,20). The van der Waals surface area contributed by atoms with Gasteiger partial charge >= 0.3 is 5.97 Å². The molecule has 0 unspecified atom stereocenters. The molecule has 1 N–H and O–H groups in total. The maximum atomic E-state index is 11.7. The van der Waals surface area contributed by atoms with E-state index in [-0.39, 0.29) is 18.5 Å². The van der Waals surface area contributed by atoms with Crippen molar-refractivity contribution in [2.24, 2.45) is 0 Å². The van der Waals surface area contributed by atoms with E-state index in [9.17, 15) is 9.59 Å². The number of esters is 1. The van der Waals surface area contributed by atoms with Crippen LogP contribution in [0.3, 0.4) is 0 Å². The van der Waals surface area contributed by atoms with Crippen LogP contribution in [0.5, 0.6) is 5.75 Å². The van der Waals surface area contributed by atoms with Crippen molar-refractivity contribution in [1.82, 2.24) is 5.32 Å². The van der Waals surface area contributed by atoms with Crippen molar-refractivity contribution in [1.29, 1.82) is 0 Å². The third-order valence-electron chi connectivity index (χ3n) is 3.60. The normalized spacial score (nSPS) is 10.2. The van der Waals surface area contributed by atoms with E-state index in [1.807, 2.05) is 32.0 Å². The van der Waals surface area contributed by atoms with Crippen LogP contribution in [-0.4, -0.2) is 31.6 Å². The molecule has 1 rings (SSSR count). The molecule has 0 aliphatic rings. The zero-order valence-corrected chi connectivity index (χ0v) is 14.3. The highest BCUT2D eigenvalue weighted by Gasteiger charge is 2.06. The van der Waals surface area contributed by atoms with Crippen LogP contribution >= 0.6 is 0 Å². The highest BCUT2D eigenvalue weighted by Crippen LogP contribution is 2.20. The lowest BCUT2D eigenvalue weighted by Crippen LogP contribution is -2.29. The van der Waals surface area contributed by atoms with Crippen molar-refractivity contribution in [2.75, 3.05) is 19.8 Å². The van der Waals surface area contributed by atoms with Crippen molar-refractivity contribution >= 4 is 11.9 Å². The quantitative estimate of drug-likeness (QED) is 0.531. The number of unbranched alkanes of at least 4 members (excludes halogenated alkanes) is 2. The molecule has 0 aliphatic carbocycles. The smallest absolute Gasteiger partial charge is 0.305 e. The average molecular weight is 321 g/mol. The molecule has 0 spiro atoms. The van der Waals surface area contributed by atoms with E-state index in [2.05, 4.69) is 5.32 Å². The summed E-state index contributed by atoms with van der Waals surface area (Å²) >= 11 is 0. The van der Waals surface area contributed by atoms with E-state index < -0.39 is 0 Å². The molecule has 0 saturated heterocycles. The molecule has 0 atom stereocenters. The predicted molar refractivity (Wildman–Crippen MR) is 89.5 cm³/mol. The first-order valence-corrected chi connectivity index (χ1v) is 8.16. The van der Waals surface area contributed by atoms with E-state index in [1.54, 1.807) is 6.92 Å². The number of aryl methyl sites for hydroxylation is 1. The lowest BCUT2D eigenvalue weighted by atomic mass is 10.1. The molecular formula is C18H27NO4. The molecule has 0 aromatic heterocycles. The topological polar surface area (TPSA) is 64.6 Å². The molecule has 1 aromatic rings. The summed E-state index contributed by atoms with van der Waals surface area (Å²) in [6, 6.07) is 5.79. The molecule has 0 fully saturated rings. The summed E-state index contributed by atoms with van der Waals surface area (Å²) in [5.41, 5.74) is 2.20. The Kier molecular flexibility index (Phi) is 8.80. The third kappa shape index (κ3) is 7.68. The lowest BCUT2D eigenvalue weighted by molar-refractivity contribution is -0.143. The number of ether oxygens (including phenoxy) is 2. The predicted octanol–water partition coefficient (Wildman–Crippen LogP) is 2.92. The van der Waals surface area contributed by atoms with E-state index >= 15 is 0 Å². The Morgan fingerprint density at radius 2 is 1.91 bits per heavy atom. The fourth-order valence-corrected chi connectivity index (χ4v) is 2.11. The van der Waals surface area contributed by atoms with Crippen LogP contribution in [0, 0.1) is 13.8 Å². The molecule has 0 saturated carbocycles. The van der Waals surface area contributed by atoms with Gasteiger partial charge in [-0.2, -0.15) is 0 Å². The molecule has 0 radical (unpaired) electrons. The molecule has 23 heavy (non-hydrogen) atoms. The molecule has 1 aromatic carbocycles. The van der Waals surface area contributed by atoms with Crippen molar-refractivity contribution in [3.63, 3.8) is 0 Å². The van der Waals surface area contributed by atoms with Gasteiger partial charge in [0.15, 0.2) is 6.61 Å². The summed E-state index contributed by atoms with van der Waals surface area (Å²) < 4.78 is 10.4. The van der Waals surface area contributed by atoms with Gasteiger partial charge in [-0.05, 0) is 50.8 Å². The summed E-state index contributed by atoms with van der Waals surface area (Å²) in [5.74, 6) is 0.462. The maximum Gasteiger partial charge on any atom is 0.305 e. The first-order chi connectivity index (χ1) is 11.0. The number of amides is 1. The van der Waals surface area contributed by atoms with Crippen LogP contribution in [0.1, 0.15) is 43.7 Å². The van der Waals surface area contributed by atoms with Crippen molar-refractivity contribution in [2.45, 2.75) is 46.5 Å². The van der Waals surface area contributed by atoms with Crippen LogP contribution in [0.2, 0.25) is 0 Å². The molecule has 0 aliphatic heterocycles. The summed E-state index contributed by atoms with van der Waals surface area (Å²) in [7, 11) is 0. The van der Waals surface area contributed by atoms with Crippen LogP contribution in [0.4, 0.5) is 0 Å². The second-order valence-electron chi connectivity index (χ2n) is 5.45. The zero-order valence-electron chi connectivity index (χ0n) is 14.3. The number of hydrogen-bond acceptors (Lipinski definition) is 4. The summed E-state index contributed by atoms with van der Waals surface area (Å²) in [5, 5.41) is 2.82. The summed E-state index contributed by atoms with van der Waals surface area (Å²) in [6.07, 6.45) is 2.96. The van der Waals surface area contributed by atoms with Gasteiger partial charge in [0.25, 0.3) is 5.91 Å². The van der Waals surface area contributed by atoms with Gasteiger partial charge in [0.1, 0.15) is 5.75 Å². The number of rotatable bonds is 10. The van der Waals surface area contributed by atoms with Crippen LogP contribution in [0.15, 0.2) is 18.2 Å². The molecular weight excluding hydrogens is 294 g/mol. The zero-order chi connectivity index (χ0) is 17.1. The summed E-state index contributed by atoms with van der Waals surface area (Å²) in [4.78, 5) is 22.9. The number of hydrogen-bond donors (Lipinski definition) is 1. The Hall–Kier alpha value is -2.04. The van der Waals surface area contributed by atoms with Crippen molar-refractivity contribution in [3.8, 4) is 5.75 Å². The van der Waals surface area contributed by atoms with E-state index in [0.717, 1.165) is 36.1 Å². The Labute approximate surface area is 138 Å². The fraction of sp³-hybridized carbons (Fsp3) is 0.556. The molecule has 5 heteroatoms. The fourth-order valence-electron chi connectivity index (χ4n) is 2.11. The molecule has 1 amide bonds. The highest BCUT2D eigenvalue weighted by atomic mass is 16.5. The van der Waals surface area contributed by atoms with Crippen LogP contribution in [0.25, 0.3) is 0 Å². The second kappa shape index (κ2) is 10.6. The first kappa shape index (κ1) is 19.0. The van der Waals surface area contributed by atoms with Crippen molar-refractivity contribution < 1.29 is 19.1 Å². The van der Waals surface area contributed by atoms with Gasteiger partial charge in [0.05, 0.1) is 6.61 Å². The van der Waals surface area contributed by atoms with E-state index in [4.69, 9.17) is 9.47 Å². The van der Waals surface area contributed by atoms with Crippen LogP contribution in [-0.2, 0) is 14.3 Å². The Bertz CT molecular complexity index is 514. The van der Waals surface area contributed by atoms with Gasteiger partial charge in [-0.3, -0.25) is 9.59 Å². The Morgan fingerprint density at radius 3 is 2.65 bits per heavy atom. The number of carbonyl (C=O) groups is 2. The monoisotopic (exact) mass is 321 g/mol. The number of nitrogens with one attached hydrogen (secondary N) is 1. The van der Waals surface area contributed by atoms with Gasteiger partial charge in [0, 0.05) is 13.0 Å². The SMILES string of the molecule is CCOC(=O)CCCCCNC(=O)COc1cccc(C)c1C. The molecule has 0 heterocycles. The van der Waals surface area contributed by atoms with E-state index in [0.29, 0.717) is 19.6 Å². The molecule has 5 nitrogen and oxygen atoms in total. The largest absolute Gasteiger partial charge is 0.483 e.